The Morgan fingerprint density at radius 2 is 1.62 bits per heavy atom. The molecule has 2 aromatic rings. The Bertz CT molecular complexity index is 1310. The third-order valence-corrected chi connectivity index (χ3v) is 9.90. The number of aliphatic hydroxyl groups is 1. The normalized spacial score (nSPS) is 30.4. The number of aliphatic hydroxyl groups excluding tert-OH is 1. The standard InChI is InChI=1S/C33H44N4O5/c1-7-36(8-2)24-16-14-23(15-17-24)35-30(40)28-33-18-21(5)32(6,42-33)26(29(39)34-22-12-10-9-11-13-22)27(33)31(41)37(28)25(19-38)20(3)4/h9-17,20-21,25-28,38H,7-8,18-19H2,1-6H3,(H,34,39)(H,35,40)/t21?,25-,26+,27-,28?,32-,33?/m0/s1. The highest BCUT2D eigenvalue weighted by Crippen LogP contribution is 2.65. The number of nitrogens with zero attached hydrogens (tertiary/aromatic N) is 2. The molecule has 3 aliphatic rings. The lowest BCUT2D eigenvalue weighted by molar-refractivity contribution is -0.149. The maximum absolute atomic E-state index is 14.4. The van der Waals surface area contributed by atoms with E-state index in [9.17, 15) is 19.5 Å². The van der Waals surface area contributed by atoms with Crippen molar-refractivity contribution in [3.63, 3.8) is 0 Å². The highest BCUT2D eigenvalue weighted by molar-refractivity contribution is 6.05. The van der Waals surface area contributed by atoms with Gasteiger partial charge in [0.05, 0.1) is 30.1 Å². The van der Waals surface area contributed by atoms with Gasteiger partial charge in [-0.1, -0.05) is 39.0 Å². The van der Waals surface area contributed by atoms with E-state index < -0.39 is 35.1 Å². The van der Waals surface area contributed by atoms with Crippen molar-refractivity contribution in [2.45, 2.75) is 71.2 Å². The van der Waals surface area contributed by atoms with Crippen molar-refractivity contribution in [3.05, 3.63) is 54.6 Å². The first-order valence-corrected chi connectivity index (χ1v) is 15.2. The van der Waals surface area contributed by atoms with Gasteiger partial charge in [0.25, 0.3) is 0 Å². The Morgan fingerprint density at radius 3 is 2.19 bits per heavy atom. The number of benzene rings is 2. The first-order chi connectivity index (χ1) is 20.0. The van der Waals surface area contributed by atoms with Crippen LogP contribution in [0.15, 0.2) is 54.6 Å². The molecule has 3 unspecified atom stereocenters. The summed E-state index contributed by atoms with van der Waals surface area (Å²) < 4.78 is 6.81. The molecule has 3 heterocycles. The number of rotatable bonds is 10. The number of carbonyl (C=O) groups excluding carboxylic acids is 3. The minimum absolute atomic E-state index is 0.0803. The predicted molar refractivity (Wildman–Crippen MR) is 163 cm³/mol. The van der Waals surface area contributed by atoms with Gasteiger partial charge >= 0.3 is 0 Å². The molecule has 0 aromatic heterocycles. The Morgan fingerprint density at radius 1 is 1.02 bits per heavy atom. The van der Waals surface area contributed by atoms with Crippen molar-refractivity contribution in [2.24, 2.45) is 23.7 Å². The fraction of sp³-hybridized carbons (Fsp3) is 0.545. The monoisotopic (exact) mass is 576 g/mol. The maximum atomic E-state index is 14.4. The fourth-order valence-corrected chi connectivity index (χ4v) is 7.65. The molecule has 42 heavy (non-hydrogen) atoms. The van der Waals surface area contributed by atoms with E-state index in [2.05, 4.69) is 29.4 Å². The molecule has 2 bridgehead atoms. The van der Waals surface area contributed by atoms with Crippen LogP contribution in [-0.2, 0) is 19.1 Å². The van der Waals surface area contributed by atoms with Gasteiger partial charge in [0.2, 0.25) is 17.7 Å². The number of anilines is 3. The summed E-state index contributed by atoms with van der Waals surface area (Å²) >= 11 is 0. The van der Waals surface area contributed by atoms with Gasteiger partial charge in [0, 0.05) is 30.2 Å². The molecule has 9 nitrogen and oxygen atoms in total. The average molecular weight is 577 g/mol. The predicted octanol–water partition coefficient (Wildman–Crippen LogP) is 4.14. The Balaban J connectivity index is 1.52. The van der Waals surface area contributed by atoms with Gasteiger partial charge in [0.1, 0.15) is 11.6 Å². The van der Waals surface area contributed by atoms with Crippen LogP contribution >= 0.6 is 0 Å². The SMILES string of the molecule is CCN(CC)c1ccc(NC(=O)C2N([C@@H](CO)C(C)C)C(=O)[C@@H]3[C@H](C(=O)Nc4ccccc4)[C@@]4(C)OC23CC4C)cc1. The molecule has 9 heteroatoms. The second kappa shape index (κ2) is 11.3. The molecule has 3 fully saturated rings. The molecule has 2 aromatic carbocycles. The van der Waals surface area contributed by atoms with Crippen molar-refractivity contribution in [2.75, 3.05) is 35.2 Å². The first-order valence-electron chi connectivity index (χ1n) is 15.2. The Labute approximate surface area is 248 Å². The molecule has 1 spiro atoms. The van der Waals surface area contributed by atoms with Gasteiger partial charge < -0.3 is 30.3 Å². The molecule has 7 atom stereocenters. The van der Waals surface area contributed by atoms with Crippen LogP contribution < -0.4 is 15.5 Å². The molecule has 3 amide bonds. The van der Waals surface area contributed by atoms with E-state index >= 15 is 0 Å². The molecule has 0 aliphatic carbocycles. The number of nitrogens with one attached hydrogen (secondary N) is 2. The number of fused-ring (bicyclic) bond motifs is 1. The van der Waals surface area contributed by atoms with Crippen LogP contribution in [0, 0.1) is 23.7 Å². The van der Waals surface area contributed by atoms with Gasteiger partial charge in [-0.25, -0.2) is 0 Å². The minimum Gasteiger partial charge on any atom is -0.394 e. The van der Waals surface area contributed by atoms with Gasteiger partial charge in [-0.3, -0.25) is 14.4 Å². The third-order valence-electron chi connectivity index (χ3n) is 9.90. The summed E-state index contributed by atoms with van der Waals surface area (Å²) in [5, 5.41) is 16.5. The number of hydrogen-bond donors (Lipinski definition) is 3. The highest BCUT2D eigenvalue weighted by Gasteiger charge is 2.80. The van der Waals surface area contributed by atoms with Crippen molar-refractivity contribution in [1.82, 2.24) is 4.90 Å². The number of ether oxygens (including phenoxy) is 1. The van der Waals surface area contributed by atoms with E-state index in [-0.39, 0.29) is 36.2 Å². The summed E-state index contributed by atoms with van der Waals surface area (Å²) in [5.74, 6) is -2.84. The van der Waals surface area contributed by atoms with Crippen LogP contribution in [-0.4, -0.2) is 70.7 Å². The summed E-state index contributed by atoms with van der Waals surface area (Å²) in [4.78, 5) is 46.3. The molecular weight excluding hydrogens is 532 g/mol. The van der Waals surface area contributed by atoms with Crippen LogP contribution in [0.25, 0.3) is 0 Å². The lowest BCUT2D eigenvalue weighted by atomic mass is 9.62. The third kappa shape index (κ3) is 4.67. The largest absolute Gasteiger partial charge is 0.394 e. The van der Waals surface area contributed by atoms with Crippen molar-refractivity contribution in [1.29, 1.82) is 0 Å². The first kappa shape index (κ1) is 30.0. The average Bonchev–Trinajstić information content (AvgIpc) is 3.48. The summed E-state index contributed by atoms with van der Waals surface area (Å²) in [6.07, 6.45) is 0.459. The van der Waals surface area contributed by atoms with E-state index in [1.807, 2.05) is 70.2 Å². The van der Waals surface area contributed by atoms with E-state index in [1.54, 1.807) is 12.1 Å². The zero-order chi connectivity index (χ0) is 30.4. The highest BCUT2D eigenvalue weighted by atomic mass is 16.5. The second-order valence-corrected chi connectivity index (χ2v) is 12.5. The molecule has 3 aliphatic heterocycles. The van der Waals surface area contributed by atoms with E-state index in [1.165, 1.54) is 4.90 Å². The lowest BCUT2D eigenvalue weighted by Gasteiger charge is -2.38. The maximum Gasteiger partial charge on any atom is 0.250 e. The second-order valence-electron chi connectivity index (χ2n) is 12.5. The zero-order valence-corrected chi connectivity index (χ0v) is 25.5. The van der Waals surface area contributed by atoms with Crippen LogP contribution in [0.1, 0.15) is 48.0 Å². The van der Waals surface area contributed by atoms with Gasteiger partial charge in [-0.2, -0.15) is 0 Å². The fourth-order valence-electron chi connectivity index (χ4n) is 7.65. The number of hydrogen-bond acceptors (Lipinski definition) is 6. The summed E-state index contributed by atoms with van der Waals surface area (Å²) in [6, 6.07) is 15.2. The van der Waals surface area contributed by atoms with Gasteiger partial charge in [-0.05, 0) is 75.4 Å². The molecule has 5 rings (SSSR count). The number of amides is 3. The van der Waals surface area contributed by atoms with Crippen LogP contribution in [0.4, 0.5) is 17.1 Å². The number of para-hydroxylation sites is 1. The molecule has 3 N–H and O–H groups in total. The molecular formula is C33H44N4O5. The van der Waals surface area contributed by atoms with Gasteiger partial charge in [0.15, 0.2) is 0 Å². The summed E-state index contributed by atoms with van der Waals surface area (Å²) in [7, 11) is 0. The van der Waals surface area contributed by atoms with E-state index in [0.717, 1.165) is 18.8 Å². The van der Waals surface area contributed by atoms with Crippen molar-refractivity contribution < 1.29 is 24.2 Å². The van der Waals surface area contributed by atoms with Crippen LogP contribution in [0.5, 0.6) is 0 Å². The zero-order valence-electron chi connectivity index (χ0n) is 25.5. The van der Waals surface area contributed by atoms with E-state index in [4.69, 9.17) is 4.74 Å². The van der Waals surface area contributed by atoms with Crippen molar-refractivity contribution >= 4 is 34.8 Å². The molecule has 226 valence electrons. The smallest absolute Gasteiger partial charge is 0.250 e. The molecule has 0 radical (unpaired) electrons. The van der Waals surface area contributed by atoms with Crippen LogP contribution in [0.2, 0.25) is 0 Å². The van der Waals surface area contributed by atoms with Crippen molar-refractivity contribution in [3.8, 4) is 0 Å². The lowest BCUT2D eigenvalue weighted by Crippen LogP contribution is -2.57. The Kier molecular flexibility index (Phi) is 8.11. The van der Waals surface area contributed by atoms with Gasteiger partial charge in [-0.15, -0.1) is 0 Å². The quantitative estimate of drug-likeness (QED) is 0.392. The summed E-state index contributed by atoms with van der Waals surface area (Å²) in [5.41, 5.74) is 0.176. The van der Waals surface area contributed by atoms with Crippen LogP contribution in [0.3, 0.4) is 0 Å². The topological polar surface area (TPSA) is 111 Å². The number of likely N-dealkylation sites (tertiary alicyclic amines) is 1. The Hall–Kier alpha value is -3.43. The van der Waals surface area contributed by atoms with E-state index in [0.29, 0.717) is 17.8 Å². The molecule has 0 saturated carbocycles. The number of carbonyl (C=O) groups is 3. The molecule has 3 saturated heterocycles. The minimum atomic E-state index is -1.20. The summed E-state index contributed by atoms with van der Waals surface area (Å²) in [6.45, 7) is 13.4.